The highest BCUT2D eigenvalue weighted by molar-refractivity contribution is 7.17. The molecule has 100 valence electrons. The Bertz CT molecular complexity index is 555. The molecule has 0 fully saturated rings. The van der Waals surface area contributed by atoms with Crippen LogP contribution in [0.4, 0.5) is 0 Å². The van der Waals surface area contributed by atoms with Crippen molar-refractivity contribution in [3.05, 3.63) is 29.0 Å². The molecule has 2 heterocycles. The molecule has 19 heavy (non-hydrogen) atoms. The van der Waals surface area contributed by atoms with Crippen LogP contribution in [0.5, 0.6) is 0 Å². The number of aromatic nitrogens is 3. The van der Waals surface area contributed by atoms with E-state index < -0.39 is 0 Å². The SMILES string of the molecule is Cc1nc(-c2ncccn2)sc1C(=O)NCCCN. The van der Waals surface area contributed by atoms with E-state index in [2.05, 4.69) is 20.3 Å². The van der Waals surface area contributed by atoms with Gasteiger partial charge in [0.1, 0.15) is 4.88 Å². The van der Waals surface area contributed by atoms with Gasteiger partial charge in [0.15, 0.2) is 10.8 Å². The Labute approximate surface area is 115 Å². The van der Waals surface area contributed by atoms with Gasteiger partial charge in [-0.15, -0.1) is 11.3 Å². The summed E-state index contributed by atoms with van der Waals surface area (Å²) in [7, 11) is 0. The Hall–Kier alpha value is -1.86. The number of nitrogens with one attached hydrogen (secondary N) is 1. The first-order valence-corrected chi connectivity index (χ1v) is 6.77. The molecular formula is C12H15N5OS. The van der Waals surface area contributed by atoms with Crippen molar-refractivity contribution in [2.45, 2.75) is 13.3 Å². The van der Waals surface area contributed by atoms with Crippen LogP contribution in [0.25, 0.3) is 10.8 Å². The molecule has 7 heteroatoms. The van der Waals surface area contributed by atoms with Crippen molar-refractivity contribution >= 4 is 17.2 Å². The second-order valence-electron chi connectivity index (χ2n) is 3.90. The molecule has 3 N–H and O–H groups in total. The van der Waals surface area contributed by atoms with Crippen molar-refractivity contribution in [2.24, 2.45) is 5.73 Å². The topological polar surface area (TPSA) is 93.8 Å². The van der Waals surface area contributed by atoms with Crippen LogP contribution >= 0.6 is 11.3 Å². The summed E-state index contributed by atoms with van der Waals surface area (Å²) in [6, 6.07) is 1.74. The zero-order valence-electron chi connectivity index (χ0n) is 10.6. The van der Waals surface area contributed by atoms with E-state index in [-0.39, 0.29) is 5.91 Å². The molecule has 0 aliphatic rings. The van der Waals surface area contributed by atoms with Crippen LogP contribution in [0.3, 0.4) is 0 Å². The Morgan fingerprint density at radius 2 is 2.16 bits per heavy atom. The van der Waals surface area contributed by atoms with Crippen LogP contribution in [0, 0.1) is 6.92 Å². The summed E-state index contributed by atoms with van der Waals surface area (Å²) in [5.74, 6) is 0.419. The lowest BCUT2D eigenvalue weighted by Gasteiger charge is -2.01. The largest absolute Gasteiger partial charge is 0.351 e. The van der Waals surface area contributed by atoms with Gasteiger partial charge >= 0.3 is 0 Å². The standard InChI is InChI=1S/C12H15N5OS/c1-8-9(11(18)16-5-2-4-13)19-12(17-8)10-14-6-3-7-15-10/h3,6-7H,2,4-5,13H2,1H3,(H,16,18). The van der Waals surface area contributed by atoms with Gasteiger partial charge in [0, 0.05) is 18.9 Å². The maximum Gasteiger partial charge on any atom is 0.263 e. The molecule has 0 saturated carbocycles. The number of thiazole rings is 1. The highest BCUT2D eigenvalue weighted by atomic mass is 32.1. The van der Waals surface area contributed by atoms with Crippen LogP contribution in [-0.2, 0) is 0 Å². The van der Waals surface area contributed by atoms with E-state index in [1.54, 1.807) is 25.4 Å². The molecule has 2 aromatic heterocycles. The number of amides is 1. The monoisotopic (exact) mass is 277 g/mol. The molecule has 6 nitrogen and oxygen atoms in total. The Morgan fingerprint density at radius 1 is 1.42 bits per heavy atom. The van der Waals surface area contributed by atoms with Gasteiger partial charge in [0.25, 0.3) is 5.91 Å². The van der Waals surface area contributed by atoms with Crippen molar-refractivity contribution < 1.29 is 4.79 Å². The van der Waals surface area contributed by atoms with Crippen LogP contribution in [-0.4, -0.2) is 33.9 Å². The first-order chi connectivity index (χ1) is 9.22. The summed E-state index contributed by atoms with van der Waals surface area (Å²) in [5, 5.41) is 3.47. The number of carbonyl (C=O) groups is 1. The van der Waals surface area contributed by atoms with Crippen LogP contribution < -0.4 is 11.1 Å². The predicted molar refractivity (Wildman–Crippen MR) is 73.9 cm³/mol. The molecule has 0 aromatic carbocycles. The molecule has 0 unspecified atom stereocenters. The Balaban J connectivity index is 2.15. The van der Waals surface area contributed by atoms with Gasteiger partial charge in [-0.2, -0.15) is 0 Å². The number of carbonyl (C=O) groups excluding carboxylic acids is 1. The van der Waals surface area contributed by atoms with Gasteiger partial charge in [-0.05, 0) is 26.0 Å². The van der Waals surface area contributed by atoms with E-state index in [9.17, 15) is 4.79 Å². The van der Waals surface area contributed by atoms with Crippen molar-refractivity contribution in [1.82, 2.24) is 20.3 Å². The second-order valence-corrected chi connectivity index (χ2v) is 4.90. The number of nitrogens with zero attached hydrogens (tertiary/aromatic N) is 3. The van der Waals surface area contributed by atoms with Crippen LogP contribution in [0.1, 0.15) is 21.8 Å². The van der Waals surface area contributed by atoms with E-state index in [1.807, 2.05) is 0 Å². The van der Waals surface area contributed by atoms with Gasteiger partial charge < -0.3 is 11.1 Å². The molecule has 0 spiro atoms. The number of aryl methyl sites for hydroxylation is 1. The maximum absolute atomic E-state index is 12.0. The minimum absolute atomic E-state index is 0.120. The molecule has 0 atom stereocenters. The molecule has 0 bridgehead atoms. The third kappa shape index (κ3) is 3.33. The summed E-state index contributed by atoms with van der Waals surface area (Å²) in [6.45, 7) is 2.94. The highest BCUT2D eigenvalue weighted by Crippen LogP contribution is 2.24. The zero-order valence-corrected chi connectivity index (χ0v) is 11.4. The first kappa shape index (κ1) is 13.6. The third-order valence-corrected chi connectivity index (χ3v) is 3.58. The van der Waals surface area contributed by atoms with E-state index >= 15 is 0 Å². The van der Waals surface area contributed by atoms with E-state index in [0.29, 0.717) is 34.5 Å². The fraction of sp³-hybridized carbons (Fsp3) is 0.333. The van der Waals surface area contributed by atoms with Gasteiger partial charge in [0.2, 0.25) is 0 Å². The van der Waals surface area contributed by atoms with Crippen molar-refractivity contribution in [3.63, 3.8) is 0 Å². The van der Waals surface area contributed by atoms with E-state index in [1.165, 1.54) is 11.3 Å². The van der Waals surface area contributed by atoms with Crippen molar-refractivity contribution in [3.8, 4) is 10.8 Å². The highest BCUT2D eigenvalue weighted by Gasteiger charge is 2.16. The fourth-order valence-corrected chi connectivity index (χ4v) is 2.43. The average molecular weight is 277 g/mol. The summed E-state index contributed by atoms with van der Waals surface area (Å²) < 4.78 is 0. The lowest BCUT2D eigenvalue weighted by molar-refractivity contribution is 0.0957. The molecule has 2 rings (SSSR count). The third-order valence-electron chi connectivity index (χ3n) is 2.43. The number of hydrogen-bond donors (Lipinski definition) is 2. The minimum Gasteiger partial charge on any atom is -0.351 e. The number of hydrogen-bond acceptors (Lipinski definition) is 6. The molecule has 0 aliphatic heterocycles. The smallest absolute Gasteiger partial charge is 0.263 e. The van der Waals surface area contributed by atoms with Crippen molar-refractivity contribution in [2.75, 3.05) is 13.1 Å². The summed E-state index contributed by atoms with van der Waals surface area (Å²) in [6.07, 6.45) is 4.07. The minimum atomic E-state index is -0.120. The van der Waals surface area contributed by atoms with Gasteiger partial charge in [-0.1, -0.05) is 0 Å². The maximum atomic E-state index is 12.0. The van der Waals surface area contributed by atoms with Gasteiger partial charge in [-0.3, -0.25) is 4.79 Å². The quantitative estimate of drug-likeness (QED) is 0.795. The number of nitrogens with two attached hydrogens (primary N) is 1. The molecule has 2 aromatic rings. The van der Waals surface area contributed by atoms with E-state index in [4.69, 9.17) is 5.73 Å². The second kappa shape index (κ2) is 6.35. The molecule has 0 radical (unpaired) electrons. The van der Waals surface area contributed by atoms with Crippen LogP contribution in [0.2, 0.25) is 0 Å². The molecule has 0 saturated heterocycles. The Morgan fingerprint density at radius 3 is 2.84 bits per heavy atom. The predicted octanol–water partition coefficient (Wildman–Crippen LogP) is 0.987. The van der Waals surface area contributed by atoms with Crippen molar-refractivity contribution in [1.29, 1.82) is 0 Å². The zero-order chi connectivity index (χ0) is 13.7. The molecule has 1 amide bonds. The lowest BCUT2D eigenvalue weighted by Crippen LogP contribution is -2.25. The van der Waals surface area contributed by atoms with E-state index in [0.717, 1.165) is 6.42 Å². The summed E-state index contributed by atoms with van der Waals surface area (Å²) >= 11 is 1.30. The summed E-state index contributed by atoms with van der Waals surface area (Å²) in [4.78, 5) is 25.2. The molecule has 0 aliphatic carbocycles. The lowest BCUT2D eigenvalue weighted by atomic mass is 10.3. The van der Waals surface area contributed by atoms with Gasteiger partial charge in [0.05, 0.1) is 5.69 Å². The average Bonchev–Trinajstić information content (AvgIpc) is 2.82. The summed E-state index contributed by atoms with van der Waals surface area (Å²) in [5.41, 5.74) is 6.08. The first-order valence-electron chi connectivity index (χ1n) is 5.95. The van der Waals surface area contributed by atoms with Crippen LogP contribution in [0.15, 0.2) is 18.5 Å². The fourth-order valence-electron chi connectivity index (χ4n) is 1.50. The Kier molecular flexibility index (Phi) is 4.53. The number of rotatable bonds is 5. The molecular weight excluding hydrogens is 262 g/mol. The van der Waals surface area contributed by atoms with Gasteiger partial charge in [-0.25, -0.2) is 15.0 Å². The normalized spacial score (nSPS) is 10.4.